The van der Waals surface area contributed by atoms with Gasteiger partial charge >= 0.3 is 0 Å². The Labute approximate surface area is 74.4 Å². The van der Waals surface area contributed by atoms with E-state index in [4.69, 9.17) is 5.26 Å². The van der Waals surface area contributed by atoms with Crippen LogP contribution in [0.2, 0.25) is 0 Å². The molecule has 0 aromatic heterocycles. The minimum Gasteiger partial charge on any atom is -0.314 e. The van der Waals surface area contributed by atoms with E-state index in [-0.39, 0.29) is 0 Å². The quantitative estimate of drug-likeness (QED) is 0.654. The Hall–Kier alpha value is -0.590. The fourth-order valence-corrected chi connectivity index (χ4v) is 1.79. The van der Waals surface area contributed by atoms with Crippen LogP contribution in [-0.4, -0.2) is 36.6 Å². The summed E-state index contributed by atoms with van der Waals surface area (Å²) in [6.07, 6.45) is 0.648. The molecule has 0 aliphatic carbocycles. The third kappa shape index (κ3) is 2.20. The summed E-state index contributed by atoms with van der Waals surface area (Å²) < 4.78 is 0. The molecule has 1 rings (SSSR count). The third-order valence-electron chi connectivity index (χ3n) is 2.49. The van der Waals surface area contributed by atoms with Crippen LogP contribution in [0.4, 0.5) is 0 Å². The first-order chi connectivity index (χ1) is 5.75. The van der Waals surface area contributed by atoms with E-state index in [1.165, 1.54) is 0 Å². The molecule has 2 atom stereocenters. The molecule has 1 aliphatic heterocycles. The Kier molecular flexibility index (Phi) is 3.51. The second kappa shape index (κ2) is 4.44. The minimum atomic E-state index is 0.571. The lowest BCUT2D eigenvalue weighted by Crippen LogP contribution is -2.55. The molecule has 0 bridgehead atoms. The monoisotopic (exact) mass is 167 g/mol. The van der Waals surface area contributed by atoms with Crippen molar-refractivity contribution in [1.82, 2.24) is 10.2 Å². The number of rotatable bonds is 2. The summed E-state index contributed by atoms with van der Waals surface area (Å²) in [5.74, 6) is 0. The molecule has 3 nitrogen and oxygen atoms in total. The Morgan fingerprint density at radius 3 is 2.50 bits per heavy atom. The van der Waals surface area contributed by atoms with Crippen LogP contribution in [0.15, 0.2) is 0 Å². The zero-order valence-electron chi connectivity index (χ0n) is 7.88. The molecule has 0 spiro atoms. The Morgan fingerprint density at radius 2 is 2.00 bits per heavy atom. The van der Waals surface area contributed by atoms with Crippen LogP contribution in [0.1, 0.15) is 20.3 Å². The van der Waals surface area contributed by atoms with Gasteiger partial charge in [0.1, 0.15) is 0 Å². The molecule has 0 aromatic rings. The molecular weight excluding hydrogens is 150 g/mol. The predicted molar refractivity (Wildman–Crippen MR) is 48.7 cm³/mol. The molecule has 2 unspecified atom stereocenters. The predicted octanol–water partition coefficient (Wildman–Crippen LogP) is 0.582. The van der Waals surface area contributed by atoms with Crippen molar-refractivity contribution in [2.45, 2.75) is 32.4 Å². The molecule has 0 amide bonds. The maximum Gasteiger partial charge on any atom is 0.0635 e. The van der Waals surface area contributed by atoms with E-state index in [0.717, 1.165) is 19.6 Å². The summed E-state index contributed by atoms with van der Waals surface area (Å²) in [5, 5.41) is 11.8. The van der Waals surface area contributed by atoms with Crippen LogP contribution in [0.5, 0.6) is 0 Å². The average molecular weight is 167 g/mol. The molecule has 3 heteroatoms. The maximum absolute atomic E-state index is 8.48. The fourth-order valence-electron chi connectivity index (χ4n) is 1.79. The molecule has 1 fully saturated rings. The molecule has 12 heavy (non-hydrogen) atoms. The fraction of sp³-hybridized carbons (Fsp3) is 0.889. The topological polar surface area (TPSA) is 39.1 Å². The van der Waals surface area contributed by atoms with Crippen LogP contribution in [0, 0.1) is 11.3 Å². The van der Waals surface area contributed by atoms with Crippen LogP contribution >= 0.6 is 0 Å². The molecule has 0 radical (unpaired) electrons. The summed E-state index contributed by atoms with van der Waals surface area (Å²) in [4.78, 5) is 2.40. The third-order valence-corrected chi connectivity index (χ3v) is 2.49. The van der Waals surface area contributed by atoms with Gasteiger partial charge in [0.05, 0.1) is 6.07 Å². The van der Waals surface area contributed by atoms with E-state index in [1.54, 1.807) is 0 Å². The zero-order valence-corrected chi connectivity index (χ0v) is 7.88. The lowest BCUT2D eigenvalue weighted by molar-refractivity contribution is 0.120. The van der Waals surface area contributed by atoms with Crippen LogP contribution in [0.3, 0.4) is 0 Å². The van der Waals surface area contributed by atoms with Gasteiger partial charge in [-0.25, -0.2) is 0 Å². The maximum atomic E-state index is 8.48. The zero-order chi connectivity index (χ0) is 8.97. The molecule has 1 saturated heterocycles. The van der Waals surface area contributed by atoms with Crippen molar-refractivity contribution in [1.29, 1.82) is 5.26 Å². The van der Waals surface area contributed by atoms with Gasteiger partial charge in [-0.05, 0) is 13.8 Å². The summed E-state index contributed by atoms with van der Waals surface area (Å²) in [5.41, 5.74) is 0. The first-order valence-corrected chi connectivity index (χ1v) is 4.59. The normalized spacial score (nSPS) is 31.4. The number of nitriles is 1. The summed E-state index contributed by atoms with van der Waals surface area (Å²) in [7, 11) is 0. The largest absolute Gasteiger partial charge is 0.314 e. The molecule has 0 aromatic carbocycles. The van der Waals surface area contributed by atoms with Crippen molar-refractivity contribution in [3.8, 4) is 6.07 Å². The van der Waals surface area contributed by atoms with Crippen molar-refractivity contribution in [3.63, 3.8) is 0 Å². The van der Waals surface area contributed by atoms with Gasteiger partial charge in [-0.1, -0.05) is 0 Å². The molecule has 1 heterocycles. The second-order valence-corrected chi connectivity index (χ2v) is 3.50. The molecule has 68 valence electrons. The number of nitrogens with zero attached hydrogens (tertiary/aromatic N) is 2. The van der Waals surface area contributed by atoms with Gasteiger partial charge in [-0.3, -0.25) is 4.90 Å². The average Bonchev–Trinajstić information content (AvgIpc) is 2.04. The summed E-state index contributed by atoms with van der Waals surface area (Å²) >= 11 is 0. The lowest BCUT2D eigenvalue weighted by atomic mass is 10.1. The van der Waals surface area contributed by atoms with Crippen molar-refractivity contribution in [3.05, 3.63) is 0 Å². The SMILES string of the molecule is CC1CNCC(C)N1CCC#N. The minimum absolute atomic E-state index is 0.571. The summed E-state index contributed by atoms with van der Waals surface area (Å²) in [6, 6.07) is 3.34. The van der Waals surface area contributed by atoms with Gasteiger partial charge in [-0.2, -0.15) is 5.26 Å². The first-order valence-electron chi connectivity index (χ1n) is 4.59. The smallest absolute Gasteiger partial charge is 0.0635 e. The number of hydrogen-bond acceptors (Lipinski definition) is 3. The van der Waals surface area contributed by atoms with E-state index in [0.29, 0.717) is 18.5 Å². The van der Waals surface area contributed by atoms with Gasteiger partial charge in [0.25, 0.3) is 0 Å². The van der Waals surface area contributed by atoms with Crippen molar-refractivity contribution in [2.75, 3.05) is 19.6 Å². The van der Waals surface area contributed by atoms with E-state index >= 15 is 0 Å². The van der Waals surface area contributed by atoms with Crippen LogP contribution < -0.4 is 5.32 Å². The molecule has 1 N–H and O–H groups in total. The van der Waals surface area contributed by atoms with Gasteiger partial charge in [0.15, 0.2) is 0 Å². The highest BCUT2D eigenvalue weighted by Gasteiger charge is 2.23. The van der Waals surface area contributed by atoms with Crippen molar-refractivity contribution >= 4 is 0 Å². The number of hydrogen-bond donors (Lipinski definition) is 1. The number of nitrogens with one attached hydrogen (secondary N) is 1. The van der Waals surface area contributed by atoms with Crippen LogP contribution in [0.25, 0.3) is 0 Å². The highest BCUT2D eigenvalue weighted by Crippen LogP contribution is 2.09. The van der Waals surface area contributed by atoms with E-state index in [2.05, 4.69) is 30.1 Å². The number of piperazine rings is 1. The van der Waals surface area contributed by atoms with Crippen molar-refractivity contribution in [2.24, 2.45) is 0 Å². The van der Waals surface area contributed by atoms with E-state index in [9.17, 15) is 0 Å². The Balaban J connectivity index is 2.41. The van der Waals surface area contributed by atoms with Gasteiger partial charge in [-0.15, -0.1) is 0 Å². The first kappa shape index (κ1) is 9.50. The lowest BCUT2D eigenvalue weighted by Gasteiger charge is -2.38. The Morgan fingerprint density at radius 1 is 1.42 bits per heavy atom. The highest BCUT2D eigenvalue weighted by atomic mass is 15.2. The molecular formula is C9H17N3. The van der Waals surface area contributed by atoms with Crippen LogP contribution in [-0.2, 0) is 0 Å². The second-order valence-electron chi connectivity index (χ2n) is 3.50. The Bertz CT molecular complexity index is 163. The van der Waals surface area contributed by atoms with E-state index in [1.807, 2.05) is 0 Å². The van der Waals surface area contributed by atoms with Crippen molar-refractivity contribution < 1.29 is 0 Å². The highest BCUT2D eigenvalue weighted by molar-refractivity contribution is 4.84. The van der Waals surface area contributed by atoms with Gasteiger partial charge < -0.3 is 5.32 Å². The van der Waals surface area contributed by atoms with E-state index < -0.39 is 0 Å². The molecule has 1 aliphatic rings. The standard InChI is InChI=1S/C9H17N3/c1-8-6-11-7-9(2)12(8)5-3-4-10/h8-9,11H,3,5-7H2,1-2H3. The van der Waals surface area contributed by atoms with Gasteiger partial charge in [0.2, 0.25) is 0 Å². The van der Waals surface area contributed by atoms with Gasteiger partial charge in [0, 0.05) is 38.1 Å². The molecule has 0 saturated carbocycles. The summed E-state index contributed by atoms with van der Waals surface area (Å²) in [6.45, 7) is 7.44.